The molecule has 118 valence electrons. The van der Waals surface area contributed by atoms with Gasteiger partial charge in [0.25, 0.3) is 18.6 Å². The van der Waals surface area contributed by atoms with E-state index >= 15 is 0 Å². The predicted molar refractivity (Wildman–Crippen MR) is 74.5 cm³/mol. The van der Waals surface area contributed by atoms with Crippen molar-refractivity contribution >= 4 is 5.91 Å². The summed E-state index contributed by atoms with van der Waals surface area (Å²) < 4.78 is 11.6. The zero-order valence-electron chi connectivity index (χ0n) is 12.7. The van der Waals surface area contributed by atoms with Crippen molar-refractivity contribution in [2.75, 3.05) is 19.7 Å². The Morgan fingerprint density at radius 3 is 3.05 bits per heavy atom. The standard InChI is InChI=1S/C14H23N3O4/c1-11(2)4-3-5-12-8-16(6-7-20-12)13(18)9-17-10-14(19)21-15-17/h10-12H,3-9H2,1-2H3/p+1. The normalized spacial score (nSPS) is 19.2. The van der Waals surface area contributed by atoms with E-state index in [0.717, 1.165) is 12.8 Å². The predicted octanol–water partition coefficient (Wildman–Crippen LogP) is 0.309. The molecule has 21 heavy (non-hydrogen) atoms. The number of H-pyrrole nitrogens is 1. The van der Waals surface area contributed by atoms with E-state index in [0.29, 0.717) is 25.6 Å². The molecule has 1 atom stereocenters. The lowest BCUT2D eigenvalue weighted by Gasteiger charge is -2.32. The van der Waals surface area contributed by atoms with E-state index in [-0.39, 0.29) is 18.6 Å². The number of aromatic nitrogens is 2. The van der Waals surface area contributed by atoms with Crippen LogP contribution in [-0.4, -0.2) is 41.9 Å². The van der Waals surface area contributed by atoms with Crippen LogP contribution in [0.15, 0.2) is 15.5 Å². The molecule has 7 heteroatoms. The quantitative estimate of drug-likeness (QED) is 0.767. The topological polar surface area (TPSA) is 79.4 Å². The van der Waals surface area contributed by atoms with Crippen molar-refractivity contribution in [3.8, 4) is 0 Å². The lowest BCUT2D eigenvalue weighted by Crippen LogP contribution is -2.51. The van der Waals surface area contributed by atoms with Gasteiger partial charge in [0.2, 0.25) is 0 Å². The minimum Gasteiger partial charge on any atom is -0.375 e. The smallest absolute Gasteiger partial charge is 0.375 e. The molecule has 1 N–H and O–H groups in total. The highest BCUT2D eigenvalue weighted by molar-refractivity contribution is 5.74. The average Bonchev–Trinajstić information content (AvgIpc) is 2.84. The summed E-state index contributed by atoms with van der Waals surface area (Å²) >= 11 is 0. The minimum absolute atomic E-state index is 0.0331. The summed E-state index contributed by atoms with van der Waals surface area (Å²) in [7, 11) is 0. The maximum atomic E-state index is 12.2. The Hall–Kier alpha value is -1.63. The largest absolute Gasteiger partial charge is 0.426 e. The van der Waals surface area contributed by atoms with Gasteiger partial charge in [-0.15, -0.1) is 0 Å². The van der Waals surface area contributed by atoms with Crippen LogP contribution < -0.4 is 10.3 Å². The van der Waals surface area contributed by atoms with Gasteiger partial charge in [0, 0.05) is 13.1 Å². The maximum absolute atomic E-state index is 12.2. The summed E-state index contributed by atoms with van der Waals surface area (Å²) in [4.78, 5) is 24.9. The first kappa shape index (κ1) is 15.8. The summed E-state index contributed by atoms with van der Waals surface area (Å²) in [5, 5.41) is 2.38. The van der Waals surface area contributed by atoms with Crippen LogP contribution in [0.1, 0.15) is 33.1 Å². The second-order valence-electron chi connectivity index (χ2n) is 5.93. The monoisotopic (exact) mass is 298 g/mol. The highest BCUT2D eigenvalue weighted by Gasteiger charge is 2.26. The van der Waals surface area contributed by atoms with E-state index in [1.807, 2.05) is 0 Å². The first-order valence-corrected chi connectivity index (χ1v) is 7.52. The van der Waals surface area contributed by atoms with Crippen LogP contribution in [0.5, 0.6) is 0 Å². The Morgan fingerprint density at radius 1 is 1.57 bits per heavy atom. The van der Waals surface area contributed by atoms with Gasteiger partial charge in [-0.2, -0.15) is 0 Å². The van der Waals surface area contributed by atoms with Crippen molar-refractivity contribution in [3.63, 3.8) is 0 Å². The molecule has 0 aliphatic carbocycles. The van der Waals surface area contributed by atoms with E-state index < -0.39 is 5.63 Å². The number of nitrogens with one attached hydrogen (secondary N) is 1. The molecule has 0 spiro atoms. The van der Waals surface area contributed by atoms with Crippen LogP contribution in [0.2, 0.25) is 0 Å². The fraction of sp³-hybridized carbons (Fsp3) is 0.786. The maximum Gasteiger partial charge on any atom is 0.426 e. The summed E-state index contributed by atoms with van der Waals surface area (Å²) in [6.07, 6.45) is 4.64. The number of hydrogen-bond donors (Lipinski definition) is 1. The molecular weight excluding hydrogens is 274 g/mol. The Balaban J connectivity index is 1.79. The number of carbonyl (C=O) groups excluding carboxylic acids is 1. The van der Waals surface area contributed by atoms with E-state index in [2.05, 4.69) is 23.6 Å². The summed E-state index contributed by atoms with van der Waals surface area (Å²) in [5.74, 6) is 0.662. The van der Waals surface area contributed by atoms with Gasteiger partial charge in [-0.1, -0.05) is 31.4 Å². The third kappa shape index (κ3) is 5.00. The highest BCUT2D eigenvalue weighted by Crippen LogP contribution is 2.14. The number of nitrogens with zero attached hydrogens (tertiary/aromatic N) is 2. The summed E-state index contributed by atoms with van der Waals surface area (Å²) in [6.45, 7) is 6.30. The molecule has 1 saturated heterocycles. The van der Waals surface area contributed by atoms with Crippen LogP contribution in [0.3, 0.4) is 0 Å². The molecule has 1 aliphatic rings. The van der Waals surface area contributed by atoms with Gasteiger partial charge in [-0.3, -0.25) is 9.32 Å². The number of carbonyl (C=O) groups is 1. The van der Waals surface area contributed by atoms with Gasteiger partial charge >= 0.3 is 5.63 Å². The number of aromatic amines is 1. The Morgan fingerprint density at radius 2 is 2.38 bits per heavy atom. The molecule has 1 fully saturated rings. The van der Waals surface area contributed by atoms with Crippen LogP contribution >= 0.6 is 0 Å². The Labute approximate surface area is 123 Å². The fourth-order valence-electron chi connectivity index (χ4n) is 2.48. The van der Waals surface area contributed by atoms with Crippen LogP contribution in [-0.2, 0) is 16.1 Å². The lowest BCUT2D eigenvalue weighted by atomic mass is 10.0. The van der Waals surface area contributed by atoms with Crippen LogP contribution in [0.25, 0.3) is 0 Å². The number of amides is 1. The van der Waals surface area contributed by atoms with E-state index in [9.17, 15) is 9.59 Å². The molecule has 0 aromatic carbocycles. The van der Waals surface area contributed by atoms with Crippen molar-refractivity contribution in [2.45, 2.75) is 45.8 Å². The number of rotatable bonds is 6. The lowest BCUT2D eigenvalue weighted by molar-refractivity contribution is -0.751. The molecular formula is C14H24N3O4+. The third-order valence-corrected chi connectivity index (χ3v) is 3.63. The first-order chi connectivity index (χ1) is 10.0. The zero-order valence-corrected chi connectivity index (χ0v) is 12.7. The van der Waals surface area contributed by atoms with Gasteiger partial charge in [0.1, 0.15) is 0 Å². The molecule has 1 amide bonds. The first-order valence-electron chi connectivity index (χ1n) is 7.52. The molecule has 2 heterocycles. The van der Waals surface area contributed by atoms with Gasteiger partial charge in [0.05, 0.1) is 12.7 Å². The summed E-state index contributed by atoms with van der Waals surface area (Å²) in [6, 6.07) is 0. The van der Waals surface area contributed by atoms with Gasteiger partial charge in [-0.05, 0) is 17.6 Å². The fourth-order valence-corrected chi connectivity index (χ4v) is 2.48. The van der Waals surface area contributed by atoms with Gasteiger partial charge in [-0.25, -0.2) is 4.79 Å². The number of ether oxygens (including phenoxy) is 1. The highest BCUT2D eigenvalue weighted by atomic mass is 16.5. The molecule has 0 radical (unpaired) electrons. The molecule has 0 bridgehead atoms. The van der Waals surface area contributed by atoms with Crippen LogP contribution in [0.4, 0.5) is 0 Å². The Kier molecular flexibility index (Phi) is 5.55. The molecule has 1 aromatic heterocycles. The van der Waals surface area contributed by atoms with Crippen LogP contribution in [0, 0.1) is 5.92 Å². The molecule has 2 rings (SSSR count). The van der Waals surface area contributed by atoms with E-state index in [4.69, 9.17) is 4.74 Å². The minimum atomic E-state index is -0.490. The van der Waals surface area contributed by atoms with Gasteiger partial charge < -0.3 is 9.64 Å². The number of morpholine rings is 1. The van der Waals surface area contributed by atoms with Crippen molar-refractivity contribution in [1.82, 2.24) is 10.2 Å². The molecule has 7 nitrogen and oxygen atoms in total. The van der Waals surface area contributed by atoms with E-state index in [1.54, 1.807) is 4.90 Å². The number of hydrogen-bond acceptors (Lipinski definition) is 4. The second kappa shape index (κ2) is 7.40. The summed E-state index contributed by atoms with van der Waals surface area (Å²) in [5.41, 5.74) is -0.490. The molecule has 1 aliphatic heterocycles. The van der Waals surface area contributed by atoms with Gasteiger partial charge in [0.15, 0.2) is 0 Å². The van der Waals surface area contributed by atoms with Crippen molar-refractivity contribution in [1.29, 1.82) is 0 Å². The zero-order chi connectivity index (χ0) is 15.2. The molecule has 0 saturated carbocycles. The van der Waals surface area contributed by atoms with E-state index in [1.165, 1.54) is 17.3 Å². The second-order valence-corrected chi connectivity index (χ2v) is 5.93. The Bertz CT molecular complexity index is 508. The van der Waals surface area contributed by atoms with Crippen molar-refractivity contribution in [3.05, 3.63) is 16.6 Å². The SMILES string of the molecule is CC(C)CCCC1CN(C(=O)C[n+]2cc(=O)o[nH]2)CCO1. The van der Waals surface area contributed by atoms with Crippen molar-refractivity contribution in [2.24, 2.45) is 5.92 Å². The average molecular weight is 298 g/mol. The molecule has 1 aromatic rings. The third-order valence-electron chi connectivity index (χ3n) is 3.63. The molecule has 1 unspecified atom stereocenters. The van der Waals surface area contributed by atoms with Crippen molar-refractivity contribution < 1.29 is 18.7 Å².